The fraction of sp³-hybridized carbons (Fsp3) is 0.379. The lowest BCUT2D eigenvalue weighted by atomic mass is 9.95. The summed E-state index contributed by atoms with van der Waals surface area (Å²) in [6.45, 7) is 10.2. The molecular formula is C29H35N3O2. The number of aryl methyl sites for hydroxylation is 1. The van der Waals surface area contributed by atoms with Crippen molar-refractivity contribution in [2.24, 2.45) is 5.92 Å². The molecule has 2 heterocycles. The number of piperidine rings is 1. The summed E-state index contributed by atoms with van der Waals surface area (Å²) in [4.78, 5) is 27.9. The van der Waals surface area contributed by atoms with Gasteiger partial charge in [0.05, 0.1) is 5.56 Å². The number of amides is 2. The molecule has 4 rings (SSSR count). The van der Waals surface area contributed by atoms with E-state index in [1.165, 1.54) is 5.56 Å². The molecule has 1 aliphatic heterocycles. The fourth-order valence-electron chi connectivity index (χ4n) is 4.84. The number of rotatable bonds is 6. The van der Waals surface area contributed by atoms with Crippen LogP contribution in [0.1, 0.15) is 65.5 Å². The van der Waals surface area contributed by atoms with Crippen LogP contribution in [0.5, 0.6) is 0 Å². The van der Waals surface area contributed by atoms with Gasteiger partial charge in [-0.2, -0.15) is 0 Å². The molecule has 1 saturated heterocycles. The first-order chi connectivity index (χ1) is 16.3. The Morgan fingerprint density at radius 3 is 2.35 bits per heavy atom. The molecule has 34 heavy (non-hydrogen) atoms. The molecule has 1 fully saturated rings. The molecule has 0 spiro atoms. The van der Waals surface area contributed by atoms with Gasteiger partial charge in [0.2, 0.25) is 5.91 Å². The molecule has 0 bridgehead atoms. The van der Waals surface area contributed by atoms with Crippen molar-refractivity contribution in [2.45, 2.75) is 53.0 Å². The zero-order valence-corrected chi connectivity index (χ0v) is 20.7. The monoisotopic (exact) mass is 457 g/mol. The van der Waals surface area contributed by atoms with Crippen molar-refractivity contribution >= 4 is 11.8 Å². The number of aromatic nitrogens is 1. The van der Waals surface area contributed by atoms with E-state index in [2.05, 4.69) is 54.9 Å². The van der Waals surface area contributed by atoms with Crippen LogP contribution in [0.3, 0.4) is 0 Å². The summed E-state index contributed by atoms with van der Waals surface area (Å²) in [7, 11) is 0. The molecule has 3 aromatic rings. The van der Waals surface area contributed by atoms with E-state index < -0.39 is 0 Å². The van der Waals surface area contributed by atoms with E-state index in [1.54, 1.807) is 0 Å². The number of hydrogen-bond acceptors (Lipinski definition) is 2. The summed E-state index contributed by atoms with van der Waals surface area (Å²) < 4.78 is 2.17. The Hall–Kier alpha value is -3.34. The minimum Gasteiger partial charge on any atom is -0.352 e. The molecule has 0 atom stereocenters. The number of carbonyl (C=O) groups excluding carboxylic acids is 2. The summed E-state index contributed by atoms with van der Waals surface area (Å²) >= 11 is 0. The SMILES string of the molecule is Cc1cc(C(=O)N2CCC(C(=O)NCc3ccccc3)CC2)c(C)n1-c1cccc(C(C)C)c1. The molecule has 5 nitrogen and oxygen atoms in total. The third kappa shape index (κ3) is 5.09. The van der Waals surface area contributed by atoms with Gasteiger partial charge in [-0.25, -0.2) is 0 Å². The van der Waals surface area contributed by atoms with Gasteiger partial charge in [0, 0.05) is 42.6 Å². The molecule has 1 aromatic heterocycles. The van der Waals surface area contributed by atoms with Crippen molar-refractivity contribution < 1.29 is 9.59 Å². The van der Waals surface area contributed by atoms with Crippen molar-refractivity contribution in [3.05, 3.63) is 88.7 Å². The number of hydrogen-bond donors (Lipinski definition) is 1. The Kier molecular flexibility index (Phi) is 7.20. The molecule has 0 saturated carbocycles. The first kappa shape index (κ1) is 23.8. The largest absolute Gasteiger partial charge is 0.352 e. The Morgan fingerprint density at radius 1 is 0.971 bits per heavy atom. The average Bonchev–Trinajstić information content (AvgIpc) is 3.16. The smallest absolute Gasteiger partial charge is 0.255 e. The molecule has 1 aliphatic rings. The highest BCUT2D eigenvalue weighted by molar-refractivity contribution is 5.96. The minimum absolute atomic E-state index is 0.0426. The number of benzene rings is 2. The maximum Gasteiger partial charge on any atom is 0.255 e. The van der Waals surface area contributed by atoms with E-state index in [9.17, 15) is 9.59 Å². The summed E-state index contributed by atoms with van der Waals surface area (Å²) in [5, 5.41) is 3.05. The lowest BCUT2D eigenvalue weighted by molar-refractivity contribution is -0.126. The second-order valence-corrected chi connectivity index (χ2v) is 9.64. The van der Waals surface area contributed by atoms with Crippen LogP contribution < -0.4 is 5.32 Å². The number of nitrogens with zero attached hydrogens (tertiary/aromatic N) is 2. The van der Waals surface area contributed by atoms with E-state index >= 15 is 0 Å². The molecule has 178 valence electrons. The van der Waals surface area contributed by atoms with Gasteiger partial charge < -0.3 is 14.8 Å². The van der Waals surface area contributed by atoms with Gasteiger partial charge in [0.25, 0.3) is 5.91 Å². The second kappa shape index (κ2) is 10.3. The van der Waals surface area contributed by atoms with Crippen LogP contribution in [0.2, 0.25) is 0 Å². The molecular weight excluding hydrogens is 422 g/mol. The van der Waals surface area contributed by atoms with Crippen molar-refractivity contribution in [1.29, 1.82) is 0 Å². The molecule has 5 heteroatoms. The molecule has 0 aliphatic carbocycles. The Bertz CT molecular complexity index is 1160. The van der Waals surface area contributed by atoms with E-state index in [0.717, 1.165) is 28.2 Å². The molecule has 2 aromatic carbocycles. The average molecular weight is 458 g/mol. The standard InChI is InChI=1S/C29H35N3O2/c1-20(2)25-11-8-12-26(18-25)32-21(3)17-27(22(32)4)29(34)31-15-13-24(14-16-31)28(33)30-19-23-9-6-5-7-10-23/h5-12,17-18,20,24H,13-16,19H2,1-4H3,(H,30,33). The van der Waals surface area contributed by atoms with Gasteiger partial charge in [-0.05, 0) is 61.9 Å². The highest BCUT2D eigenvalue weighted by atomic mass is 16.2. The highest BCUT2D eigenvalue weighted by Gasteiger charge is 2.29. The van der Waals surface area contributed by atoms with Crippen molar-refractivity contribution in [1.82, 2.24) is 14.8 Å². The zero-order valence-electron chi connectivity index (χ0n) is 20.7. The first-order valence-corrected chi connectivity index (χ1v) is 12.3. The lowest BCUT2D eigenvalue weighted by Crippen LogP contribution is -2.43. The Morgan fingerprint density at radius 2 is 1.68 bits per heavy atom. The maximum absolute atomic E-state index is 13.4. The predicted octanol–water partition coefficient (Wildman–Crippen LogP) is 5.39. The van der Waals surface area contributed by atoms with Gasteiger partial charge in [0.1, 0.15) is 0 Å². The van der Waals surface area contributed by atoms with Crippen molar-refractivity contribution in [2.75, 3.05) is 13.1 Å². The van der Waals surface area contributed by atoms with Crippen LogP contribution >= 0.6 is 0 Å². The number of carbonyl (C=O) groups is 2. The van der Waals surface area contributed by atoms with Crippen LogP contribution in [0.25, 0.3) is 5.69 Å². The quantitative estimate of drug-likeness (QED) is 0.540. The molecule has 1 N–H and O–H groups in total. The van der Waals surface area contributed by atoms with E-state index in [0.29, 0.717) is 38.4 Å². The topological polar surface area (TPSA) is 54.3 Å². The van der Waals surface area contributed by atoms with Crippen LogP contribution in [-0.4, -0.2) is 34.4 Å². The number of likely N-dealkylation sites (tertiary alicyclic amines) is 1. The van der Waals surface area contributed by atoms with Gasteiger partial charge in [-0.15, -0.1) is 0 Å². The van der Waals surface area contributed by atoms with Crippen LogP contribution in [-0.2, 0) is 11.3 Å². The highest BCUT2D eigenvalue weighted by Crippen LogP contribution is 2.26. The van der Waals surface area contributed by atoms with Crippen LogP contribution in [0, 0.1) is 19.8 Å². The number of nitrogens with one attached hydrogen (secondary N) is 1. The minimum atomic E-state index is -0.0426. The van der Waals surface area contributed by atoms with Gasteiger partial charge in [-0.3, -0.25) is 9.59 Å². The maximum atomic E-state index is 13.4. The van der Waals surface area contributed by atoms with E-state index in [-0.39, 0.29) is 17.7 Å². The van der Waals surface area contributed by atoms with Crippen LogP contribution in [0.4, 0.5) is 0 Å². The third-order valence-electron chi connectivity index (χ3n) is 6.92. The summed E-state index contributed by atoms with van der Waals surface area (Å²) in [6, 6.07) is 20.5. The summed E-state index contributed by atoms with van der Waals surface area (Å²) in [5.74, 6) is 0.545. The van der Waals surface area contributed by atoms with E-state index in [1.807, 2.05) is 48.2 Å². The second-order valence-electron chi connectivity index (χ2n) is 9.64. The van der Waals surface area contributed by atoms with Gasteiger partial charge in [-0.1, -0.05) is 56.3 Å². The summed E-state index contributed by atoms with van der Waals surface area (Å²) in [6.07, 6.45) is 1.39. The normalized spacial score (nSPS) is 14.4. The third-order valence-corrected chi connectivity index (χ3v) is 6.92. The first-order valence-electron chi connectivity index (χ1n) is 12.3. The van der Waals surface area contributed by atoms with Gasteiger partial charge in [0.15, 0.2) is 0 Å². The lowest BCUT2D eigenvalue weighted by Gasteiger charge is -2.31. The van der Waals surface area contributed by atoms with E-state index in [4.69, 9.17) is 0 Å². The molecule has 2 amide bonds. The van der Waals surface area contributed by atoms with Crippen molar-refractivity contribution in [3.8, 4) is 5.69 Å². The van der Waals surface area contributed by atoms with Gasteiger partial charge >= 0.3 is 0 Å². The fourth-order valence-corrected chi connectivity index (χ4v) is 4.84. The van der Waals surface area contributed by atoms with Crippen LogP contribution in [0.15, 0.2) is 60.7 Å². The molecule has 0 radical (unpaired) electrons. The van der Waals surface area contributed by atoms with Crippen molar-refractivity contribution in [3.63, 3.8) is 0 Å². The predicted molar refractivity (Wildman–Crippen MR) is 136 cm³/mol. The Labute approximate surface area is 202 Å². The Balaban J connectivity index is 1.40. The summed E-state index contributed by atoms with van der Waals surface area (Å²) in [5.41, 5.74) is 6.24. The molecule has 0 unspecified atom stereocenters. The zero-order chi connectivity index (χ0) is 24.2.